The molecule has 1 aliphatic heterocycles. The van der Waals surface area contributed by atoms with Crippen molar-refractivity contribution >= 4 is 23.1 Å². The van der Waals surface area contributed by atoms with Crippen LogP contribution in [0.3, 0.4) is 0 Å². The highest BCUT2D eigenvalue weighted by Crippen LogP contribution is 2.15. The first-order chi connectivity index (χ1) is 12.7. The van der Waals surface area contributed by atoms with Gasteiger partial charge in [-0.3, -0.25) is 9.36 Å². The Kier molecular flexibility index (Phi) is 4.58. The largest absolute Gasteiger partial charge is 0.494 e. The summed E-state index contributed by atoms with van der Waals surface area (Å²) < 4.78 is 7.89. The standard InChI is InChI=1S/C20H19N3O2S/c1-2-25-17-10-8-15(9-11-17)12-18-19(24)23-14-22(13-21-20(23)26-18)16-6-4-3-5-7-16/h3-12H,2,13-14H2,1H3/b18-12-. The van der Waals surface area contributed by atoms with Crippen LogP contribution in [-0.4, -0.2) is 17.8 Å². The number of thiazole rings is 1. The zero-order chi connectivity index (χ0) is 17.9. The van der Waals surface area contributed by atoms with Gasteiger partial charge in [0.1, 0.15) is 19.1 Å². The Morgan fingerprint density at radius 3 is 2.65 bits per heavy atom. The highest BCUT2D eigenvalue weighted by Gasteiger charge is 2.15. The number of hydrogen-bond acceptors (Lipinski definition) is 5. The molecule has 3 aromatic rings. The van der Waals surface area contributed by atoms with Crippen LogP contribution in [0.5, 0.6) is 5.75 Å². The first-order valence-electron chi connectivity index (χ1n) is 8.53. The van der Waals surface area contributed by atoms with Gasteiger partial charge in [0.15, 0.2) is 4.80 Å². The zero-order valence-corrected chi connectivity index (χ0v) is 15.3. The second-order valence-corrected chi connectivity index (χ2v) is 6.95. The van der Waals surface area contributed by atoms with Gasteiger partial charge in [0.25, 0.3) is 5.56 Å². The lowest BCUT2D eigenvalue weighted by atomic mass is 10.2. The Balaban J connectivity index is 1.65. The number of benzene rings is 2. The molecule has 0 saturated carbocycles. The summed E-state index contributed by atoms with van der Waals surface area (Å²) in [5.74, 6) is 0.834. The van der Waals surface area contributed by atoms with Gasteiger partial charge in [-0.2, -0.15) is 0 Å². The van der Waals surface area contributed by atoms with Crippen molar-refractivity contribution in [1.82, 2.24) is 4.57 Å². The number of hydrogen-bond donors (Lipinski definition) is 0. The quantitative estimate of drug-likeness (QED) is 0.712. The van der Waals surface area contributed by atoms with E-state index in [1.165, 1.54) is 11.3 Å². The first kappa shape index (κ1) is 16.6. The second-order valence-electron chi connectivity index (χ2n) is 5.94. The highest BCUT2D eigenvalue weighted by atomic mass is 32.1. The van der Waals surface area contributed by atoms with Crippen LogP contribution < -0.4 is 24.5 Å². The molecule has 0 radical (unpaired) electrons. The van der Waals surface area contributed by atoms with E-state index >= 15 is 0 Å². The number of anilines is 1. The SMILES string of the molecule is CCOc1ccc(/C=c2\sc3n(c2=O)CN(c2ccccc2)CN=3)cc1. The first-order valence-corrected chi connectivity index (χ1v) is 9.35. The maximum absolute atomic E-state index is 12.8. The summed E-state index contributed by atoms with van der Waals surface area (Å²) in [5, 5.41) is 0. The predicted octanol–water partition coefficient (Wildman–Crippen LogP) is 2.19. The normalized spacial score (nSPS) is 14.0. The third kappa shape index (κ3) is 3.28. The minimum absolute atomic E-state index is 0.00302. The average molecular weight is 365 g/mol. The molecule has 132 valence electrons. The lowest BCUT2D eigenvalue weighted by molar-refractivity contribution is 0.340. The molecular formula is C20H19N3O2S. The lowest BCUT2D eigenvalue weighted by Crippen LogP contribution is -2.42. The van der Waals surface area contributed by atoms with Crippen molar-refractivity contribution in [2.24, 2.45) is 4.99 Å². The van der Waals surface area contributed by atoms with E-state index in [9.17, 15) is 4.79 Å². The van der Waals surface area contributed by atoms with Crippen LogP contribution in [0.25, 0.3) is 6.08 Å². The van der Waals surface area contributed by atoms with Gasteiger partial charge < -0.3 is 9.64 Å². The third-order valence-electron chi connectivity index (χ3n) is 4.19. The van der Waals surface area contributed by atoms with Crippen molar-refractivity contribution in [3.05, 3.63) is 79.8 Å². The van der Waals surface area contributed by atoms with Gasteiger partial charge in [0, 0.05) is 5.69 Å². The summed E-state index contributed by atoms with van der Waals surface area (Å²) in [6.45, 7) is 3.68. The Bertz CT molecular complexity index is 1070. The molecule has 2 aromatic carbocycles. The van der Waals surface area contributed by atoms with Crippen molar-refractivity contribution in [2.45, 2.75) is 13.6 Å². The van der Waals surface area contributed by atoms with E-state index in [4.69, 9.17) is 4.74 Å². The van der Waals surface area contributed by atoms with Crippen LogP contribution in [-0.2, 0) is 6.67 Å². The maximum Gasteiger partial charge on any atom is 0.271 e. The fourth-order valence-electron chi connectivity index (χ4n) is 2.89. The monoisotopic (exact) mass is 365 g/mol. The molecule has 1 aromatic heterocycles. The summed E-state index contributed by atoms with van der Waals surface area (Å²) in [5.41, 5.74) is 2.05. The molecule has 6 heteroatoms. The van der Waals surface area contributed by atoms with Gasteiger partial charge in [-0.05, 0) is 42.8 Å². The van der Waals surface area contributed by atoms with Crippen molar-refractivity contribution in [2.75, 3.05) is 18.2 Å². The van der Waals surface area contributed by atoms with Gasteiger partial charge in [-0.25, -0.2) is 4.99 Å². The van der Waals surface area contributed by atoms with Gasteiger partial charge >= 0.3 is 0 Å². The van der Waals surface area contributed by atoms with Gasteiger partial charge in [-0.1, -0.05) is 41.7 Å². The topological polar surface area (TPSA) is 46.8 Å². The van der Waals surface area contributed by atoms with Crippen LogP contribution >= 0.6 is 11.3 Å². The van der Waals surface area contributed by atoms with Crippen molar-refractivity contribution in [3.63, 3.8) is 0 Å². The molecule has 1 aliphatic rings. The highest BCUT2D eigenvalue weighted by molar-refractivity contribution is 7.07. The van der Waals surface area contributed by atoms with Crippen LogP contribution in [0.15, 0.2) is 64.4 Å². The minimum atomic E-state index is 0.00302. The van der Waals surface area contributed by atoms with E-state index in [0.717, 1.165) is 21.8 Å². The van der Waals surface area contributed by atoms with Crippen LogP contribution in [0.4, 0.5) is 5.69 Å². The molecular weight excluding hydrogens is 346 g/mol. The molecule has 2 heterocycles. The van der Waals surface area contributed by atoms with E-state index in [1.807, 2.05) is 67.6 Å². The number of nitrogens with zero attached hydrogens (tertiary/aromatic N) is 3. The fraction of sp³-hybridized carbons (Fsp3) is 0.200. The number of ether oxygens (including phenoxy) is 1. The van der Waals surface area contributed by atoms with E-state index in [2.05, 4.69) is 9.89 Å². The predicted molar refractivity (Wildman–Crippen MR) is 104 cm³/mol. The molecule has 5 nitrogen and oxygen atoms in total. The Morgan fingerprint density at radius 2 is 1.92 bits per heavy atom. The van der Waals surface area contributed by atoms with Crippen molar-refractivity contribution in [1.29, 1.82) is 0 Å². The average Bonchev–Trinajstić information content (AvgIpc) is 2.99. The fourth-order valence-corrected chi connectivity index (χ4v) is 3.85. The molecule has 0 unspecified atom stereocenters. The molecule has 0 N–H and O–H groups in total. The molecule has 0 spiro atoms. The second kappa shape index (κ2) is 7.17. The van der Waals surface area contributed by atoms with E-state index in [1.54, 1.807) is 4.57 Å². The number of para-hydroxylation sites is 1. The summed E-state index contributed by atoms with van der Waals surface area (Å²) in [6, 6.07) is 17.8. The smallest absolute Gasteiger partial charge is 0.271 e. The zero-order valence-electron chi connectivity index (χ0n) is 14.5. The minimum Gasteiger partial charge on any atom is -0.494 e. The molecule has 0 amide bonds. The summed E-state index contributed by atoms with van der Waals surface area (Å²) in [7, 11) is 0. The van der Waals surface area contributed by atoms with Crippen molar-refractivity contribution in [3.8, 4) is 5.75 Å². The van der Waals surface area contributed by atoms with Crippen LogP contribution in [0.1, 0.15) is 12.5 Å². The lowest BCUT2D eigenvalue weighted by Gasteiger charge is -2.25. The van der Waals surface area contributed by atoms with Gasteiger partial charge in [0.2, 0.25) is 0 Å². The molecule has 0 atom stereocenters. The Labute approximate surface area is 155 Å². The number of aromatic nitrogens is 1. The molecule has 4 rings (SSSR count). The molecule has 26 heavy (non-hydrogen) atoms. The maximum atomic E-state index is 12.8. The van der Waals surface area contributed by atoms with E-state index in [0.29, 0.717) is 24.5 Å². The van der Waals surface area contributed by atoms with Crippen LogP contribution in [0, 0.1) is 0 Å². The van der Waals surface area contributed by atoms with Gasteiger partial charge in [-0.15, -0.1) is 0 Å². The van der Waals surface area contributed by atoms with Crippen LogP contribution in [0.2, 0.25) is 0 Å². The van der Waals surface area contributed by atoms with E-state index in [-0.39, 0.29) is 5.56 Å². The number of rotatable bonds is 4. The summed E-state index contributed by atoms with van der Waals surface area (Å²) in [6.07, 6.45) is 1.91. The molecule has 0 saturated heterocycles. The molecule has 0 aliphatic carbocycles. The van der Waals surface area contributed by atoms with Crippen molar-refractivity contribution < 1.29 is 4.74 Å². The third-order valence-corrected chi connectivity index (χ3v) is 5.23. The molecule has 0 fully saturated rings. The Hall–Kier alpha value is -2.86. The molecule has 0 bridgehead atoms. The van der Waals surface area contributed by atoms with Gasteiger partial charge in [0.05, 0.1) is 11.1 Å². The Morgan fingerprint density at radius 1 is 1.15 bits per heavy atom. The summed E-state index contributed by atoms with van der Waals surface area (Å²) in [4.78, 5) is 20.2. The number of fused-ring (bicyclic) bond motifs is 1. The summed E-state index contributed by atoms with van der Waals surface area (Å²) >= 11 is 1.44. The van der Waals surface area contributed by atoms with E-state index < -0.39 is 0 Å².